The zero-order chi connectivity index (χ0) is 21.7. The summed E-state index contributed by atoms with van der Waals surface area (Å²) in [5.74, 6) is 0.987. The lowest BCUT2D eigenvalue weighted by molar-refractivity contribution is -0.126. The van der Waals surface area contributed by atoms with Gasteiger partial charge in [-0.15, -0.1) is 0 Å². The van der Waals surface area contributed by atoms with Gasteiger partial charge in [-0.2, -0.15) is 0 Å². The summed E-state index contributed by atoms with van der Waals surface area (Å²) in [6, 6.07) is 15.1. The predicted molar refractivity (Wildman–Crippen MR) is 117 cm³/mol. The minimum absolute atomic E-state index is 0.0452. The van der Waals surface area contributed by atoms with Gasteiger partial charge >= 0.3 is 0 Å². The van der Waals surface area contributed by atoms with Crippen LogP contribution in [0.25, 0.3) is 0 Å². The fraction of sp³-hybridized carbons (Fsp3) is 0.417. The number of hydrogen-bond acceptors (Lipinski definition) is 4. The Kier molecular flexibility index (Phi) is 6.98. The first-order valence-corrected chi connectivity index (χ1v) is 10.4. The first kappa shape index (κ1) is 21.7. The molecule has 1 atom stereocenters. The second-order valence-corrected chi connectivity index (χ2v) is 8.06. The normalized spacial score (nSPS) is 16.3. The molecule has 30 heavy (non-hydrogen) atoms. The van der Waals surface area contributed by atoms with Crippen molar-refractivity contribution in [2.75, 3.05) is 11.4 Å². The fourth-order valence-corrected chi connectivity index (χ4v) is 3.46. The van der Waals surface area contributed by atoms with Crippen molar-refractivity contribution in [2.24, 2.45) is 5.92 Å². The van der Waals surface area contributed by atoms with E-state index in [4.69, 9.17) is 9.47 Å². The largest absolute Gasteiger partial charge is 0.491 e. The summed E-state index contributed by atoms with van der Waals surface area (Å²) in [5, 5.41) is 2.96. The lowest BCUT2D eigenvalue weighted by Crippen LogP contribution is -2.32. The van der Waals surface area contributed by atoms with Crippen LogP contribution in [0.15, 0.2) is 48.5 Å². The molecule has 1 fully saturated rings. The number of amides is 2. The molecule has 6 nitrogen and oxygen atoms in total. The number of benzene rings is 2. The zero-order valence-corrected chi connectivity index (χ0v) is 18.1. The van der Waals surface area contributed by atoms with Gasteiger partial charge in [0.15, 0.2) is 0 Å². The Bertz CT molecular complexity index is 877. The lowest BCUT2D eigenvalue weighted by atomic mass is 10.1. The maximum absolute atomic E-state index is 12.7. The van der Waals surface area contributed by atoms with Gasteiger partial charge < -0.3 is 19.7 Å². The van der Waals surface area contributed by atoms with E-state index in [0.717, 1.165) is 22.7 Å². The Morgan fingerprint density at radius 2 is 1.70 bits per heavy atom. The number of carbonyl (C=O) groups excluding carboxylic acids is 2. The van der Waals surface area contributed by atoms with Gasteiger partial charge in [0.2, 0.25) is 11.8 Å². The standard InChI is InChI=1S/C24H30N2O4/c1-16(2)29-21-11-9-20(10-12-21)26-15-19(13-23(26)27)24(28)25-14-18-7-5-6-8-22(18)30-17(3)4/h5-12,16-17,19H,13-15H2,1-4H3,(H,25,28)/t19-/m0/s1. The van der Waals surface area contributed by atoms with Crippen LogP contribution in [0.4, 0.5) is 5.69 Å². The first-order valence-electron chi connectivity index (χ1n) is 10.4. The Balaban J connectivity index is 1.59. The summed E-state index contributed by atoms with van der Waals surface area (Å²) in [4.78, 5) is 26.9. The summed E-state index contributed by atoms with van der Waals surface area (Å²) >= 11 is 0. The molecule has 6 heteroatoms. The molecule has 3 rings (SSSR count). The average molecular weight is 411 g/mol. The van der Waals surface area contributed by atoms with Crippen molar-refractivity contribution in [1.29, 1.82) is 0 Å². The molecule has 2 aromatic carbocycles. The van der Waals surface area contributed by atoms with Crippen molar-refractivity contribution < 1.29 is 19.1 Å². The van der Waals surface area contributed by atoms with Crippen LogP contribution < -0.4 is 19.7 Å². The van der Waals surface area contributed by atoms with E-state index >= 15 is 0 Å². The van der Waals surface area contributed by atoms with Gasteiger partial charge in [-0.05, 0) is 58.0 Å². The topological polar surface area (TPSA) is 67.9 Å². The maximum Gasteiger partial charge on any atom is 0.227 e. The third-order valence-corrected chi connectivity index (χ3v) is 4.80. The van der Waals surface area contributed by atoms with Gasteiger partial charge in [-0.25, -0.2) is 0 Å². The molecule has 160 valence electrons. The van der Waals surface area contributed by atoms with Gasteiger partial charge in [-0.1, -0.05) is 18.2 Å². The molecule has 0 spiro atoms. The highest BCUT2D eigenvalue weighted by molar-refractivity contribution is 6.00. The van der Waals surface area contributed by atoms with Crippen molar-refractivity contribution in [3.05, 3.63) is 54.1 Å². The van der Waals surface area contributed by atoms with Crippen molar-refractivity contribution >= 4 is 17.5 Å². The van der Waals surface area contributed by atoms with Crippen molar-refractivity contribution in [2.45, 2.75) is 52.9 Å². The minimum Gasteiger partial charge on any atom is -0.491 e. The van der Waals surface area contributed by atoms with Gasteiger partial charge in [-0.3, -0.25) is 9.59 Å². The van der Waals surface area contributed by atoms with E-state index in [9.17, 15) is 9.59 Å². The van der Waals surface area contributed by atoms with Crippen LogP contribution in [-0.2, 0) is 16.1 Å². The average Bonchev–Trinajstić information content (AvgIpc) is 3.08. The van der Waals surface area contributed by atoms with Crippen LogP contribution in [0.5, 0.6) is 11.5 Å². The Hall–Kier alpha value is -3.02. The lowest BCUT2D eigenvalue weighted by Gasteiger charge is -2.18. The van der Waals surface area contributed by atoms with Crippen LogP contribution in [0.2, 0.25) is 0 Å². The van der Waals surface area contributed by atoms with Crippen molar-refractivity contribution in [3.63, 3.8) is 0 Å². The number of anilines is 1. The Morgan fingerprint density at radius 1 is 1.03 bits per heavy atom. The highest BCUT2D eigenvalue weighted by Gasteiger charge is 2.35. The van der Waals surface area contributed by atoms with Gasteiger partial charge in [0.25, 0.3) is 0 Å². The SMILES string of the molecule is CC(C)Oc1ccc(N2C[C@@H](C(=O)NCc3ccccc3OC(C)C)CC2=O)cc1. The van der Waals surface area contributed by atoms with E-state index in [0.29, 0.717) is 13.1 Å². The van der Waals surface area contributed by atoms with E-state index in [1.54, 1.807) is 4.90 Å². The number of rotatable bonds is 8. The molecule has 0 radical (unpaired) electrons. The van der Waals surface area contributed by atoms with Crippen LogP contribution >= 0.6 is 0 Å². The molecular weight excluding hydrogens is 380 g/mol. The Labute approximate surface area is 178 Å². The van der Waals surface area contributed by atoms with Crippen LogP contribution in [0.1, 0.15) is 39.7 Å². The van der Waals surface area contributed by atoms with E-state index in [2.05, 4.69) is 5.32 Å². The zero-order valence-electron chi connectivity index (χ0n) is 18.1. The summed E-state index contributed by atoms with van der Waals surface area (Å²) in [5.41, 5.74) is 1.70. The molecule has 0 aromatic heterocycles. The molecule has 1 aliphatic heterocycles. The molecule has 1 N–H and O–H groups in total. The fourth-order valence-electron chi connectivity index (χ4n) is 3.46. The molecule has 0 bridgehead atoms. The molecule has 0 aliphatic carbocycles. The van der Waals surface area contributed by atoms with Gasteiger partial charge in [0, 0.05) is 30.8 Å². The van der Waals surface area contributed by atoms with Crippen LogP contribution in [0, 0.1) is 5.92 Å². The van der Waals surface area contributed by atoms with E-state index in [-0.39, 0.29) is 36.4 Å². The third-order valence-electron chi connectivity index (χ3n) is 4.80. The maximum atomic E-state index is 12.7. The highest BCUT2D eigenvalue weighted by Crippen LogP contribution is 2.27. The molecular formula is C24H30N2O4. The van der Waals surface area contributed by atoms with E-state index in [1.165, 1.54) is 0 Å². The summed E-state index contributed by atoms with van der Waals surface area (Å²) in [7, 11) is 0. The number of ether oxygens (including phenoxy) is 2. The second kappa shape index (κ2) is 9.65. The number of carbonyl (C=O) groups is 2. The van der Waals surface area contributed by atoms with Gasteiger partial charge in [0.05, 0.1) is 18.1 Å². The number of nitrogens with one attached hydrogen (secondary N) is 1. The quantitative estimate of drug-likeness (QED) is 0.716. The second-order valence-electron chi connectivity index (χ2n) is 8.06. The first-order chi connectivity index (χ1) is 14.3. The minimum atomic E-state index is -0.373. The van der Waals surface area contributed by atoms with Crippen LogP contribution in [-0.4, -0.2) is 30.6 Å². The predicted octanol–water partition coefficient (Wildman–Crippen LogP) is 3.93. The monoisotopic (exact) mass is 410 g/mol. The highest BCUT2D eigenvalue weighted by atomic mass is 16.5. The molecule has 1 saturated heterocycles. The number of para-hydroxylation sites is 1. The number of nitrogens with zero attached hydrogens (tertiary/aromatic N) is 1. The molecule has 1 heterocycles. The van der Waals surface area contributed by atoms with E-state index in [1.807, 2.05) is 76.2 Å². The van der Waals surface area contributed by atoms with Crippen molar-refractivity contribution in [3.8, 4) is 11.5 Å². The number of hydrogen-bond donors (Lipinski definition) is 1. The van der Waals surface area contributed by atoms with Gasteiger partial charge in [0.1, 0.15) is 11.5 Å². The molecule has 1 aliphatic rings. The summed E-state index contributed by atoms with van der Waals surface area (Å²) < 4.78 is 11.5. The molecule has 2 amide bonds. The Morgan fingerprint density at radius 3 is 2.37 bits per heavy atom. The molecule has 0 saturated carbocycles. The summed E-state index contributed by atoms with van der Waals surface area (Å²) in [6.45, 7) is 8.61. The summed E-state index contributed by atoms with van der Waals surface area (Å²) in [6.07, 6.45) is 0.355. The third kappa shape index (κ3) is 5.53. The molecule has 2 aromatic rings. The molecule has 0 unspecified atom stereocenters. The van der Waals surface area contributed by atoms with Crippen molar-refractivity contribution in [1.82, 2.24) is 5.32 Å². The van der Waals surface area contributed by atoms with Crippen LogP contribution in [0.3, 0.4) is 0 Å². The van der Waals surface area contributed by atoms with E-state index < -0.39 is 0 Å². The smallest absolute Gasteiger partial charge is 0.227 e.